The molecule has 76 valence electrons. The molecular weight excluding hydrogens is 178 g/mol. The lowest BCUT2D eigenvalue weighted by atomic mass is 10.2. The van der Waals surface area contributed by atoms with Gasteiger partial charge in [-0.25, -0.2) is 0 Å². The molecule has 1 aromatic rings. The first-order valence-corrected chi connectivity index (χ1v) is 4.98. The number of amides is 1. The van der Waals surface area contributed by atoms with Crippen LogP contribution >= 0.6 is 0 Å². The maximum atomic E-state index is 11.5. The maximum absolute atomic E-state index is 11.5. The van der Waals surface area contributed by atoms with E-state index in [9.17, 15) is 4.79 Å². The lowest BCUT2D eigenvalue weighted by Gasteiger charge is -2.01. The van der Waals surface area contributed by atoms with Crippen LogP contribution in [0.3, 0.4) is 0 Å². The van der Waals surface area contributed by atoms with E-state index in [1.54, 1.807) is 0 Å². The van der Waals surface area contributed by atoms with E-state index in [-0.39, 0.29) is 5.91 Å². The Hall–Kier alpha value is -1.32. The first kappa shape index (κ1) is 9.24. The molecule has 0 aromatic carbocycles. The molecule has 1 aliphatic rings. The summed E-state index contributed by atoms with van der Waals surface area (Å²) in [5.74, 6) is 1.38. The van der Waals surface area contributed by atoms with E-state index in [2.05, 4.69) is 15.5 Å². The number of carbonyl (C=O) groups excluding carboxylic acids is 1. The first-order valence-electron chi connectivity index (χ1n) is 4.98. The van der Waals surface area contributed by atoms with Crippen LogP contribution in [0.25, 0.3) is 0 Å². The average molecular weight is 193 g/mol. The van der Waals surface area contributed by atoms with Crippen molar-refractivity contribution in [2.24, 2.45) is 5.92 Å². The molecular formula is C10H15N3O. The number of aryl methyl sites for hydroxylation is 1. The molecule has 2 N–H and O–H groups in total. The molecule has 1 heterocycles. The highest BCUT2D eigenvalue weighted by Crippen LogP contribution is 2.32. The maximum Gasteiger partial charge on any atom is 0.225 e. The van der Waals surface area contributed by atoms with Gasteiger partial charge >= 0.3 is 0 Å². The lowest BCUT2D eigenvalue weighted by molar-refractivity contribution is -0.116. The number of aromatic amines is 1. The number of anilines is 1. The SMILES string of the molecule is Cc1[nH]nc(NC(=O)CC2CC2)c1C. The summed E-state index contributed by atoms with van der Waals surface area (Å²) in [5.41, 5.74) is 2.03. The molecule has 1 saturated carbocycles. The van der Waals surface area contributed by atoms with Gasteiger partial charge in [0.25, 0.3) is 0 Å². The second-order valence-corrected chi connectivity index (χ2v) is 4.02. The third-order valence-corrected chi connectivity index (χ3v) is 2.68. The number of rotatable bonds is 3. The summed E-state index contributed by atoms with van der Waals surface area (Å²) in [6.45, 7) is 3.89. The van der Waals surface area contributed by atoms with Gasteiger partial charge in [0.1, 0.15) is 0 Å². The molecule has 0 radical (unpaired) electrons. The Morgan fingerprint density at radius 3 is 2.79 bits per heavy atom. The topological polar surface area (TPSA) is 57.8 Å². The molecule has 14 heavy (non-hydrogen) atoms. The molecule has 1 aliphatic carbocycles. The van der Waals surface area contributed by atoms with Crippen LogP contribution in [0, 0.1) is 19.8 Å². The Bertz CT molecular complexity index is 352. The van der Waals surface area contributed by atoms with Crippen LogP contribution in [0.5, 0.6) is 0 Å². The highest BCUT2D eigenvalue weighted by molar-refractivity contribution is 5.90. The Labute approximate surface area is 83.1 Å². The number of nitrogens with zero attached hydrogens (tertiary/aromatic N) is 1. The molecule has 0 saturated heterocycles. The van der Waals surface area contributed by atoms with Crippen LogP contribution in [-0.4, -0.2) is 16.1 Å². The molecule has 4 heteroatoms. The van der Waals surface area contributed by atoms with E-state index in [0.29, 0.717) is 18.2 Å². The minimum atomic E-state index is 0.0853. The summed E-state index contributed by atoms with van der Waals surface area (Å²) in [5, 5.41) is 9.69. The number of H-pyrrole nitrogens is 1. The Morgan fingerprint density at radius 1 is 1.57 bits per heavy atom. The third-order valence-electron chi connectivity index (χ3n) is 2.68. The highest BCUT2D eigenvalue weighted by Gasteiger charge is 2.24. The first-order chi connectivity index (χ1) is 6.66. The van der Waals surface area contributed by atoms with E-state index in [4.69, 9.17) is 0 Å². The van der Waals surface area contributed by atoms with Gasteiger partial charge < -0.3 is 5.32 Å². The van der Waals surface area contributed by atoms with E-state index in [1.807, 2.05) is 13.8 Å². The monoisotopic (exact) mass is 193 g/mol. The zero-order chi connectivity index (χ0) is 10.1. The van der Waals surface area contributed by atoms with Crippen molar-refractivity contribution >= 4 is 11.7 Å². The van der Waals surface area contributed by atoms with Crippen molar-refractivity contribution in [1.29, 1.82) is 0 Å². The van der Waals surface area contributed by atoms with Gasteiger partial charge in [-0.1, -0.05) is 0 Å². The fourth-order valence-electron chi connectivity index (χ4n) is 1.37. The quantitative estimate of drug-likeness (QED) is 0.768. The summed E-state index contributed by atoms with van der Waals surface area (Å²) >= 11 is 0. The fraction of sp³-hybridized carbons (Fsp3) is 0.600. The third kappa shape index (κ3) is 1.95. The van der Waals surface area contributed by atoms with Gasteiger partial charge in [-0.15, -0.1) is 0 Å². The second kappa shape index (κ2) is 3.44. The minimum Gasteiger partial charge on any atom is -0.309 e. The number of aromatic nitrogens is 2. The summed E-state index contributed by atoms with van der Waals surface area (Å²) in [6.07, 6.45) is 3.04. The van der Waals surface area contributed by atoms with Crippen LogP contribution in [-0.2, 0) is 4.79 Å². The molecule has 0 bridgehead atoms. The lowest BCUT2D eigenvalue weighted by Crippen LogP contribution is -2.12. The molecule has 0 unspecified atom stereocenters. The number of hydrogen-bond donors (Lipinski definition) is 2. The van der Waals surface area contributed by atoms with Gasteiger partial charge in [-0.3, -0.25) is 9.89 Å². The molecule has 1 amide bonds. The Kier molecular flexibility index (Phi) is 2.27. The smallest absolute Gasteiger partial charge is 0.225 e. The molecule has 4 nitrogen and oxygen atoms in total. The molecule has 0 spiro atoms. The summed E-state index contributed by atoms with van der Waals surface area (Å²) in [7, 11) is 0. The normalized spacial score (nSPS) is 15.6. The average Bonchev–Trinajstić information content (AvgIpc) is 2.89. The van der Waals surface area contributed by atoms with Crippen molar-refractivity contribution in [2.75, 3.05) is 5.32 Å². The standard InChI is InChI=1S/C10H15N3O/c1-6-7(2)12-13-10(6)11-9(14)5-8-3-4-8/h8H,3-5H2,1-2H3,(H2,11,12,13,14). The largest absolute Gasteiger partial charge is 0.309 e. The van der Waals surface area contributed by atoms with Gasteiger partial charge in [-0.2, -0.15) is 5.10 Å². The molecule has 2 rings (SSSR count). The van der Waals surface area contributed by atoms with Crippen molar-refractivity contribution in [1.82, 2.24) is 10.2 Å². The van der Waals surface area contributed by atoms with Crippen molar-refractivity contribution in [2.45, 2.75) is 33.1 Å². The van der Waals surface area contributed by atoms with Gasteiger partial charge in [0.15, 0.2) is 5.82 Å². The number of nitrogens with one attached hydrogen (secondary N) is 2. The Morgan fingerprint density at radius 2 is 2.29 bits per heavy atom. The van der Waals surface area contributed by atoms with Crippen molar-refractivity contribution in [3.05, 3.63) is 11.3 Å². The van der Waals surface area contributed by atoms with Crippen molar-refractivity contribution in [3.8, 4) is 0 Å². The van der Waals surface area contributed by atoms with E-state index < -0.39 is 0 Å². The van der Waals surface area contributed by atoms with Crippen LogP contribution in [0.4, 0.5) is 5.82 Å². The van der Waals surface area contributed by atoms with Gasteiger partial charge in [0.2, 0.25) is 5.91 Å². The van der Waals surface area contributed by atoms with Gasteiger partial charge in [0.05, 0.1) is 0 Å². The van der Waals surface area contributed by atoms with Crippen LogP contribution in [0.1, 0.15) is 30.5 Å². The molecule has 0 aliphatic heterocycles. The van der Waals surface area contributed by atoms with Crippen molar-refractivity contribution in [3.63, 3.8) is 0 Å². The summed E-state index contributed by atoms with van der Waals surface area (Å²) < 4.78 is 0. The van der Waals surface area contributed by atoms with Crippen LogP contribution in [0.15, 0.2) is 0 Å². The van der Waals surface area contributed by atoms with Gasteiger partial charge in [0, 0.05) is 17.7 Å². The summed E-state index contributed by atoms with van der Waals surface area (Å²) in [4.78, 5) is 11.5. The molecule has 1 fully saturated rings. The van der Waals surface area contributed by atoms with E-state index in [1.165, 1.54) is 12.8 Å². The van der Waals surface area contributed by atoms with Gasteiger partial charge in [-0.05, 0) is 32.6 Å². The number of hydrogen-bond acceptors (Lipinski definition) is 2. The number of carbonyl (C=O) groups is 1. The minimum absolute atomic E-state index is 0.0853. The molecule has 1 aromatic heterocycles. The van der Waals surface area contributed by atoms with E-state index in [0.717, 1.165) is 11.3 Å². The zero-order valence-corrected chi connectivity index (χ0v) is 8.55. The second-order valence-electron chi connectivity index (χ2n) is 4.02. The highest BCUT2D eigenvalue weighted by atomic mass is 16.1. The zero-order valence-electron chi connectivity index (χ0n) is 8.55. The van der Waals surface area contributed by atoms with Crippen LogP contribution < -0.4 is 5.32 Å². The predicted octanol–water partition coefficient (Wildman–Crippen LogP) is 1.77. The van der Waals surface area contributed by atoms with Crippen molar-refractivity contribution < 1.29 is 4.79 Å². The fourth-order valence-corrected chi connectivity index (χ4v) is 1.37. The van der Waals surface area contributed by atoms with E-state index >= 15 is 0 Å². The van der Waals surface area contributed by atoms with Crippen LogP contribution in [0.2, 0.25) is 0 Å². The summed E-state index contributed by atoms with van der Waals surface area (Å²) in [6, 6.07) is 0. The molecule has 0 atom stereocenters. The predicted molar refractivity (Wildman–Crippen MR) is 54.0 cm³/mol. The Balaban J connectivity index is 1.95.